The molecule has 3 rings (SSSR count). The number of benzene rings is 1. The van der Waals surface area contributed by atoms with Crippen LogP contribution in [0.2, 0.25) is 5.02 Å². The highest BCUT2D eigenvalue weighted by Gasteiger charge is 2.30. The summed E-state index contributed by atoms with van der Waals surface area (Å²) in [5.74, 6) is 0.481. The number of oxazole rings is 1. The minimum absolute atomic E-state index is 0.0119. The van der Waals surface area contributed by atoms with Crippen LogP contribution < -0.4 is 0 Å². The highest BCUT2D eigenvalue weighted by molar-refractivity contribution is 7.91. The van der Waals surface area contributed by atoms with Gasteiger partial charge in [-0.2, -0.15) is 0 Å². The predicted octanol–water partition coefficient (Wildman–Crippen LogP) is 4.37. The van der Waals surface area contributed by atoms with Crippen molar-refractivity contribution in [2.45, 2.75) is 57.5 Å². The van der Waals surface area contributed by atoms with Crippen molar-refractivity contribution in [3.8, 4) is 0 Å². The average Bonchev–Trinajstić information content (AvgIpc) is 3.23. The van der Waals surface area contributed by atoms with E-state index < -0.39 is 9.84 Å². The summed E-state index contributed by atoms with van der Waals surface area (Å²) in [6.07, 6.45) is 0.516. The Morgan fingerprint density at radius 3 is 2.46 bits per heavy atom. The molecule has 1 fully saturated rings. The van der Waals surface area contributed by atoms with Gasteiger partial charge in [-0.05, 0) is 18.6 Å². The fourth-order valence-electron chi connectivity index (χ4n) is 2.18. The minimum Gasteiger partial charge on any atom is -0.439 e. The molecule has 7 heteroatoms. The number of hydrogen-bond donors (Lipinski definition) is 0. The van der Waals surface area contributed by atoms with Gasteiger partial charge < -0.3 is 9.15 Å². The molecule has 134 valence electrons. The van der Waals surface area contributed by atoms with E-state index in [2.05, 4.69) is 4.98 Å². The summed E-state index contributed by atoms with van der Waals surface area (Å²) in [4.78, 5) is 4.43. The Labute approximate surface area is 148 Å². The van der Waals surface area contributed by atoms with E-state index in [4.69, 9.17) is 20.8 Å². The standard InChI is InChI=1S/C15H18ClNO4S.C2H6/c1-15(2,3)14-17-11-5-4-10(16)13(12(11)21-14)22(18,19)7-6-9-8-20-9;1-2/h4-5,9H,6-8H2,1-3H3;1-2H3. The van der Waals surface area contributed by atoms with E-state index in [1.165, 1.54) is 0 Å². The molecule has 24 heavy (non-hydrogen) atoms. The lowest BCUT2D eigenvalue weighted by Gasteiger charge is -2.12. The van der Waals surface area contributed by atoms with Gasteiger partial charge >= 0.3 is 0 Å². The summed E-state index contributed by atoms with van der Waals surface area (Å²) in [5.41, 5.74) is 0.443. The lowest BCUT2D eigenvalue weighted by molar-refractivity contribution is 0.402. The van der Waals surface area contributed by atoms with Crippen LogP contribution in [0.4, 0.5) is 0 Å². The Hall–Kier alpha value is -1.11. The third-order valence-corrected chi connectivity index (χ3v) is 5.76. The first-order valence-corrected chi connectivity index (χ1v) is 10.2. The summed E-state index contributed by atoms with van der Waals surface area (Å²) in [6.45, 7) is 10.5. The van der Waals surface area contributed by atoms with Crippen molar-refractivity contribution in [3.63, 3.8) is 0 Å². The van der Waals surface area contributed by atoms with Gasteiger partial charge in [0.25, 0.3) is 0 Å². The van der Waals surface area contributed by atoms with Gasteiger partial charge in [-0.3, -0.25) is 0 Å². The van der Waals surface area contributed by atoms with Gasteiger partial charge in [0.05, 0.1) is 23.5 Å². The molecule has 1 aliphatic rings. The number of halogens is 1. The quantitative estimate of drug-likeness (QED) is 0.744. The first-order chi connectivity index (χ1) is 11.2. The topological polar surface area (TPSA) is 72.7 Å². The van der Waals surface area contributed by atoms with Gasteiger partial charge in [-0.25, -0.2) is 13.4 Å². The molecule has 2 aromatic rings. The molecule has 0 bridgehead atoms. The third kappa shape index (κ3) is 4.10. The molecule has 1 saturated heterocycles. The summed E-state index contributed by atoms with van der Waals surface area (Å²) in [5, 5.41) is 0.167. The monoisotopic (exact) mass is 373 g/mol. The van der Waals surface area contributed by atoms with Crippen LogP contribution in [0.1, 0.15) is 46.9 Å². The number of hydrogen-bond acceptors (Lipinski definition) is 5. The lowest BCUT2D eigenvalue weighted by atomic mass is 9.97. The summed E-state index contributed by atoms with van der Waals surface area (Å²) in [7, 11) is -3.55. The molecular weight excluding hydrogens is 350 g/mol. The maximum Gasteiger partial charge on any atom is 0.200 e. The Kier molecular flexibility index (Phi) is 5.62. The molecule has 0 aliphatic carbocycles. The van der Waals surface area contributed by atoms with Gasteiger partial charge in [-0.15, -0.1) is 0 Å². The van der Waals surface area contributed by atoms with Gasteiger partial charge in [0.15, 0.2) is 15.4 Å². The number of fused-ring (bicyclic) bond motifs is 1. The molecule has 0 N–H and O–H groups in total. The van der Waals surface area contributed by atoms with Gasteiger partial charge in [0.2, 0.25) is 5.89 Å². The molecule has 1 unspecified atom stereocenters. The number of ether oxygens (including phenoxy) is 1. The Morgan fingerprint density at radius 2 is 1.92 bits per heavy atom. The first-order valence-electron chi connectivity index (χ1n) is 8.12. The van der Waals surface area contributed by atoms with Gasteiger partial charge in [0.1, 0.15) is 10.4 Å². The van der Waals surface area contributed by atoms with Crippen LogP contribution in [0, 0.1) is 0 Å². The summed E-state index contributed by atoms with van der Waals surface area (Å²) in [6, 6.07) is 3.23. The maximum atomic E-state index is 12.6. The Balaban J connectivity index is 0.00000100. The zero-order chi connectivity index (χ0) is 18.1. The fourth-order valence-corrected chi connectivity index (χ4v) is 4.25. The van der Waals surface area contributed by atoms with Crippen LogP contribution in [0.5, 0.6) is 0 Å². The van der Waals surface area contributed by atoms with Crippen molar-refractivity contribution in [1.82, 2.24) is 4.98 Å². The van der Waals surface area contributed by atoms with E-state index in [1.54, 1.807) is 12.1 Å². The largest absolute Gasteiger partial charge is 0.439 e. The van der Waals surface area contributed by atoms with E-state index in [0.29, 0.717) is 24.4 Å². The maximum absolute atomic E-state index is 12.6. The number of sulfone groups is 1. The molecule has 0 radical (unpaired) electrons. The number of aromatic nitrogens is 1. The molecule has 2 heterocycles. The molecule has 5 nitrogen and oxygen atoms in total. The zero-order valence-corrected chi connectivity index (χ0v) is 16.3. The van der Waals surface area contributed by atoms with Crippen molar-refractivity contribution in [1.29, 1.82) is 0 Å². The van der Waals surface area contributed by atoms with Gasteiger partial charge in [0, 0.05) is 5.41 Å². The average molecular weight is 374 g/mol. The highest BCUT2D eigenvalue weighted by Crippen LogP contribution is 2.35. The molecule has 0 spiro atoms. The molecule has 1 aromatic heterocycles. The molecule has 1 aromatic carbocycles. The summed E-state index contributed by atoms with van der Waals surface area (Å²) < 4.78 is 36.1. The molecule has 1 aliphatic heterocycles. The van der Waals surface area contributed by atoms with Crippen LogP contribution in [-0.4, -0.2) is 31.9 Å². The first kappa shape index (κ1) is 19.2. The second-order valence-corrected chi connectivity index (χ2v) is 9.01. The normalized spacial score (nSPS) is 17.5. The lowest BCUT2D eigenvalue weighted by Crippen LogP contribution is -2.11. The van der Waals surface area contributed by atoms with Crippen LogP contribution in [0.15, 0.2) is 21.4 Å². The highest BCUT2D eigenvalue weighted by atomic mass is 35.5. The van der Waals surface area contributed by atoms with Crippen LogP contribution in [0.3, 0.4) is 0 Å². The van der Waals surface area contributed by atoms with Crippen LogP contribution in [0.25, 0.3) is 11.1 Å². The second kappa shape index (κ2) is 7.02. The second-order valence-electron chi connectivity index (χ2n) is 6.56. The Bertz CT molecular complexity index is 817. The Morgan fingerprint density at radius 1 is 1.29 bits per heavy atom. The summed E-state index contributed by atoms with van der Waals surface area (Å²) >= 11 is 6.14. The minimum atomic E-state index is -3.55. The predicted molar refractivity (Wildman–Crippen MR) is 95.5 cm³/mol. The van der Waals surface area contributed by atoms with Crippen LogP contribution in [-0.2, 0) is 20.0 Å². The van der Waals surface area contributed by atoms with Crippen molar-refractivity contribution >= 4 is 32.5 Å². The SMILES string of the molecule is CC.CC(C)(C)c1nc2ccc(Cl)c(S(=O)(=O)CCC3CO3)c2o1. The van der Waals surface area contributed by atoms with E-state index in [-0.39, 0.29) is 32.8 Å². The van der Waals surface area contributed by atoms with Crippen molar-refractivity contribution < 1.29 is 17.6 Å². The van der Waals surface area contributed by atoms with Crippen LogP contribution >= 0.6 is 11.6 Å². The molecular formula is C17H24ClNO4S. The number of epoxide rings is 1. The molecule has 0 saturated carbocycles. The van der Waals surface area contributed by atoms with Crippen molar-refractivity contribution in [3.05, 3.63) is 23.0 Å². The van der Waals surface area contributed by atoms with E-state index in [1.807, 2.05) is 34.6 Å². The van der Waals surface area contributed by atoms with E-state index in [9.17, 15) is 8.42 Å². The van der Waals surface area contributed by atoms with E-state index in [0.717, 1.165) is 0 Å². The number of nitrogens with zero attached hydrogens (tertiary/aromatic N) is 1. The van der Waals surface area contributed by atoms with Gasteiger partial charge in [-0.1, -0.05) is 46.2 Å². The van der Waals surface area contributed by atoms with Crippen molar-refractivity contribution in [2.24, 2.45) is 0 Å². The molecule has 0 amide bonds. The molecule has 1 atom stereocenters. The fraction of sp³-hybridized carbons (Fsp3) is 0.588. The van der Waals surface area contributed by atoms with E-state index >= 15 is 0 Å². The third-order valence-electron chi connectivity index (χ3n) is 3.53. The van der Waals surface area contributed by atoms with Crippen molar-refractivity contribution in [2.75, 3.05) is 12.4 Å². The smallest absolute Gasteiger partial charge is 0.200 e. The number of rotatable bonds is 4. The zero-order valence-electron chi connectivity index (χ0n) is 14.7.